The number of esters is 1. The molecule has 0 aromatic rings. The standard InChI is InChI=1S/C8H15NO2.ClH/c1-6(9)8(10)11-7-4-2-3-5-7;/h6-7H,2-5,9H2,1H3;1H. The van der Waals surface area contributed by atoms with Gasteiger partial charge < -0.3 is 10.5 Å². The van der Waals surface area contributed by atoms with E-state index in [4.69, 9.17) is 10.5 Å². The Kier molecular flexibility index (Phi) is 5.25. The monoisotopic (exact) mass is 193 g/mol. The fourth-order valence-electron chi connectivity index (χ4n) is 1.28. The molecule has 1 rings (SSSR count). The number of rotatable bonds is 2. The Morgan fingerprint density at radius 2 is 2.00 bits per heavy atom. The van der Waals surface area contributed by atoms with Gasteiger partial charge in [-0.3, -0.25) is 4.79 Å². The van der Waals surface area contributed by atoms with Gasteiger partial charge in [0.05, 0.1) is 0 Å². The van der Waals surface area contributed by atoms with Crippen LogP contribution in [0.4, 0.5) is 0 Å². The minimum Gasteiger partial charge on any atom is -0.461 e. The Hall–Kier alpha value is -0.280. The molecule has 0 aliphatic heterocycles. The molecule has 72 valence electrons. The van der Waals surface area contributed by atoms with Crippen LogP contribution in [-0.4, -0.2) is 18.1 Å². The van der Waals surface area contributed by atoms with Crippen molar-refractivity contribution in [3.05, 3.63) is 0 Å². The molecule has 1 unspecified atom stereocenters. The van der Waals surface area contributed by atoms with E-state index < -0.39 is 6.04 Å². The Bertz CT molecular complexity index is 144. The fourth-order valence-corrected chi connectivity index (χ4v) is 1.28. The number of ether oxygens (including phenoxy) is 1. The van der Waals surface area contributed by atoms with E-state index in [1.165, 1.54) is 12.8 Å². The second kappa shape index (κ2) is 5.38. The largest absolute Gasteiger partial charge is 0.461 e. The summed E-state index contributed by atoms with van der Waals surface area (Å²) in [6.45, 7) is 1.65. The van der Waals surface area contributed by atoms with Gasteiger partial charge in [-0.1, -0.05) is 0 Å². The third kappa shape index (κ3) is 3.41. The second-order valence-electron chi connectivity index (χ2n) is 3.13. The maximum absolute atomic E-state index is 11.0. The third-order valence-electron chi connectivity index (χ3n) is 1.96. The zero-order chi connectivity index (χ0) is 8.27. The number of halogens is 1. The molecule has 0 saturated heterocycles. The van der Waals surface area contributed by atoms with Gasteiger partial charge in [0.1, 0.15) is 12.1 Å². The average molecular weight is 194 g/mol. The van der Waals surface area contributed by atoms with Crippen molar-refractivity contribution < 1.29 is 9.53 Å². The summed E-state index contributed by atoms with van der Waals surface area (Å²) in [6, 6.07) is -0.476. The molecule has 0 bridgehead atoms. The van der Waals surface area contributed by atoms with E-state index in [0.717, 1.165) is 12.8 Å². The average Bonchev–Trinajstić information content (AvgIpc) is 2.39. The molecule has 0 radical (unpaired) electrons. The van der Waals surface area contributed by atoms with Crippen LogP contribution in [0, 0.1) is 0 Å². The molecule has 0 amide bonds. The van der Waals surface area contributed by atoms with Crippen LogP contribution < -0.4 is 5.73 Å². The second-order valence-corrected chi connectivity index (χ2v) is 3.13. The first-order valence-electron chi connectivity index (χ1n) is 4.16. The van der Waals surface area contributed by atoms with Crippen LogP contribution in [-0.2, 0) is 9.53 Å². The summed E-state index contributed by atoms with van der Waals surface area (Å²) in [5.74, 6) is -0.267. The zero-order valence-corrected chi connectivity index (χ0v) is 8.10. The number of nitrogens with two attached hydrogens (primary N) is 1. The molecule has 12 heavy (non-hydrogen) atoms. The van der Waals surface area contributed by atoms with Crippen molar-refractivity contribution in [1.82, 2.24) is 0 Å². The lowest BCUT2D eigenvalue weighted by atomic mass is 10.3. The topological polar surface area (TPSA) is 52.3 Å². The first-order chi connectivity index (χ1) is 5.20. The van der Waals surface area contributed by atoms with Gasteiger partial charge in [-0.15, -0.1) is 12.4 Å². The Labute approximate surface area is 79.1 Å². The van der Waals surface area contributed by atoms with Crippen molar-refractivity contribution in [3.8, 4) is 0 Å². The van der Waals surface area contributed by atoms with Crippen molar-refractivity contribution in [2.75, 3.05) is 0 Å². The lowest BCUT2D eigenvalue weighted by molar-refractivity contribution is -0.149. The summed E-state index contributed by atoms with van der Waals surface area (Å²) in [4.78, 5) is 11.0. The van der Waals surface area contributed by atoms with E-state index in [0.29, 0.717) is 0 Å². The number of carbonyl (C=O) groups is 1. The molecule has 0 aromatic heterocycles. The summed E-state index contributed by atoms with van der Waals surface area (Å²) in [5, 5.41) is 0. The Morgan fingerprint density at radius 3 is 2.42 bits per heavy atom. The molecule has 0 heterocycles. The predicted octanol–water partition coefficient (Wildman–Crippen LogP) is 1.24. The first kappa shape index (κ1) is 11.7. The highest BCUT2D eigenvalue weighted by molar-refractivity contribution is 5.85. The molecular formula is C8H16ClNO2. The predicted molar refractivity (Wildman–Crippen MR) is 49.2 cm³/mol. The third-order valence-corrected chi connectivity index (χ3v) is 1.96. The highest BCUT2D eigenvalue weighted by atomic mass is 35.5. The molecule has 0 aromatic carbocycles. The van der Waals surface area contributed by atoms with Gasteiger partial charge in [-0.25, -0.2) is 0 Å². The van der Waals surface area contributed by atoms with Crippen LogP contribution in [0.2, 0.25) is 0 Å². The minimum atomic E-state index is -0.476. The van der Waals surface area contributed by atoms with Gasteiger partial charge in [0.25, 0.3) is 0 Å². The van der Waals surface area contributed by atoms with Gasteiger partial charge in [-0.2, -0.15) is 0 Å². The van der Waals surface area contributed by atoms with E-state index in [1.54, 1.807) is 6.92 Å². The van der Waals surface area contributed by atoms with Crippen molar-refractivity contribution in [2.45, 2.75) is 44.8 Å². The van der Waals surface area contributed by atoms with E-state index in [1.807, 2.05) is 0 Å². The summed E-state index contributed by atoms with van der Waals surface area (Å²) in [7, 11) is 0. The Morgan fingerprint density at radius 1 is 1.50 bits per heavy atom. The molecule has 4 heteroatoms. The fraction of sp³-hybridized carbons (Fsp3) is 0.875. The van der Waals surface area contributed by atoms with E-state index in [9.17, 15) is 4.79 Å². The van der Waals surface area contributed by atoms with Crippen LogP contribution in [0.5, 0.6) is 0 Å². The van der Waals surface area contributed by atoms with Gasteiger partial charge in [-0.05, 0) is 32.6 Å². The molecule has 1 aliphatic carbocycles. The highest BCUT2D eigenvalue weighted by Crippen LogP contribution is 2.20. The van der Waals surface area contributed by atoms with Gasteiger partial charge in [0, 0.05) is 0 Å². The smallest absolute Gasteiger partial charge is 0.322 e. The Balaban J connectivity index is 0.00000121. The zero-order valence-electron chi connectivity index (χ0n) is 7.29. The molecular weight excluding hydrogens is 178 g/mol. The number of hydrogen-bond donors (Lipinski definition) is 1. The molecule has 1 saturated carbocycles. The SMILES string of the molecule is CC(N)C(=O)OC1CCCC1.Cl. The maximum atomic E-state index is 11.0. The van der Waals surface area contributed by atoms with Crippen molar-refractivity contribution >= 4 is 18.4 Å². The van der Waals surface area contributed by atoms with E-state index >= 15 is 0 Å². The van der Waals surface area contributed by atoms with E-state index in [2.05, 4.69) is 0 Å². The summed E-state index contributed by atoms with van der Waals surface area (Å²) in [6.07, 6.45) is 4.53. The van der Waals surface area contributed by atoms with Crippen molar-refractivity contribution in [1.29, 1.82) is 0 Å². The molecule has 2 N–H and O–H groups in total. The van der Waals surface area contributed by atoms with Crippen LogP contribution in [0.15, 0.2) is 0 Å². The maximum Gasteiger partial charge on any atom is 0.322 e. The van der Waals surface area contributed by atoms with Crippen LogP contribution in [0.1, 0.15) is 32.6 Å². The van der Waals surface area contributed by atoms with Crippen molar-refractivity contribution in [2.24, 2.45) is 5.73 Å². The molecule has 1 fully saturated rings. The minimum absolute atomic E-state index is 0. The molecule has 0 spiro atoms. The van der Waals surface area contributed by atoms with Crippen LogP contribution >= 0.6 is 12.4 Å². The quantitative estimate of drug-likeness (QED) is 0.672. The molecule has 3 nitrogen and oxygen atoms in total. The lowest BCUT2D eigenvalue weighted by Gasteiger charge is -2.12. The summed E-state index contributed by atoms with van der Waals surface area (Å²) >= 11 is 0. The molecule has 1 atom stereocenters. The molecule has 1 aliphatic rings. The summed E-state index contributed by atoms with van der Waals surface area (Å²) < 4.78 is 5.11. The normalized spacial score (nSPS) is 19.8. The van der Waals surface area contributed by atoms with Crippen LogP contribution in [0.25, 0.3) is 0 Å². The highest BCUT2D eigenvalue weighted by Gasteiger charge is 2.20. The lowest BCUT2D eigenvalue weighted by Crippen LogP contribution is -2.31. The van der Waals surface area contributed by atoms with E-state index in [-0.39, 0.29) is 24.5 Å². The number of carbonyl (C=O) groups excluding carboxylic acids is 1. The van der Waals surface area contributed by atoms with Gasteiger partial charge >= 0.3 is 5.97 Å². The van der Waals surface area contributed by atoms with Gasteiger partial charge in [0.2, 0.25) is 0 Å². The van der Waals surface area contributed by atoms with Gasteiger partial charge in [0.15, 0.2) is 0 Å². The van der Waals surface area contributed by atoms with Crippen LogP contribution in [0.3, 0.4) is 0 Å². The first-order valence-corrected chi connectivity index (χ1v) is 4.16. The number of hydrogen-bond acceptors (Lipinski definition) is 3. The summed E-state index contributed by atoms with van der Waals surface area (Å²) in [5.41, 5.74) is 5.34. The van der Waals surface area contributed by atoms with Crippen molar-refractivity contribution in [3.63, 3.8) is 0 Å².